The third-order valence-electron chi connectivity index (χ3n) is 10.8. The van der Waals surface area contributed by atoms with Crippen LogP contribution in [0.5, 0.6) is 0 Å². The molecule has 4 rings (SSSR count). The lowest BCUT2D eigenvalue weighted by molar-refractivity contribution is -0.158. The number of nitrogens with zero attached hydrogens (tertiary/aromatic N) is 1. The first-order valence-corrected chi connectivity index (χ1v) is 12.9. The molecule has 0 aromatic carbocycles. The Morgan fingerprint density at radius 3 is 2.38 bits per heavy atom. The molecule has 0 N–H and O–H groups in total. The predicted molar refractivity (Wildman–Crippen MR) is 122 cm³/mol. The van der Waals surface area contributed by atoms with Gasteiger partial charge >= 0.3 is 0 Å². The Kier molecular flexibility index (Phi) is 5.88. The molecule has 0 aromatic heterocycles. The van der Waals surface area contributed by atoms with Crippen molar-refractivity contribution in [1.82, 2.24) is 4.90 Å². The largest absolute Gasteiger partial charge is 0.342 e. The molecule has 5 unspecified atom stereocenters. The number of hydrogen-bond acceptors (Lipinski definition) is 1. The standard InChI is InChI=1S/C27H47NO/c1-18(2)8-7-9-19(3)21-11-12-22-20-10-13-24-27(5,17-15-25(29)28(24)6)23(20)14-16-26(21,22)4/h18-24H,7-17H2,1-6H3/t19?,20?,21-,22?,23?,24?,26-,27-/m1/s1. The lowest BCUT2D eigenvalue weighted by Crippen LogP contribution is -2.61. The molecule has 29 heavy (non-hydrogen) atoms. The number of hydrogen-bond donors (Lipinski definition) is 0. The van der Waals surface area contributed by atoms with Gasteiger partial charge in [0.15, 0.2) is 0 Å². The van der Waals surface area contributed by atoms with Gasteiger partial charge in [-0.05, 0) is 91.3 Å². The van der Waals surface area contributed by atoms with Crippen molar-refractivity contribution in [2.75, 3.05) is 7.05 Å². The van der Waals surface area contributed by atoms with Gasteiger partial charge in [0.2, 0.25) is 5.91 Å². The lowest BCUT2D eigenvalue weighted by Gasteiger charge is -2.62. The van der Waals surface area contributed by atoms with Crippen LogP contribution in [-0.2, 0) is 4.79 Å². The first kappa shape index (κ1) is 21.7. The van der Waals surface area contributed by atoms with Gasteiger partial charge < -0.3 is 4.90 Å². The van der Waals surface area contributed by atoms with Gasteiger partial charge in [0.05, 0.1) is 0 Å². The van der Waals surface area contributed by atoms with Crippen LogP contribution >= 0.6 is 0 Å². The fourth-order valence-electron chi connectivity index (χ4n) is 9.18. The number of likely N-dealkylation sites (tertiary alicyclic amines) is 1. The zero-order chi connectivity index (χ0) is 21.0. The number of carbonyl (C=O) groups is 1. The van der Waals surface area contributed by atoms with E-state index in [2.05, 4.69) is 46.6 Å². The molecular weight excluding hydrogens is 354 g/mol. The van der Waals surface area contributed by atoms with Crippen LogP contribution in [0.2, 0.25) is 0 Å². The Hall–Kier alpha value is -0.530. The Bertz CT molecular complexity index is 614. The van der Waals surface area contributed by atoms with Crippen LogP contribution in [0, 0.1) is 46.3 Å². The second kappa shape index (κ2) is 7.86. The van der Waals surface area contributed by atoms with Gasteiger partial charge in [0.25, 0.3) is 0 Å². The Morgan fingerprint density at radius 2 is 1.66 bits per heavy atom. The summed E-state index contributed by atoms with van der Waals surface area (Å²) in [5.41, 5.74) is 0.950. The third-order valence-corrected chi connectivity index (χ3v) is 10.8. The van der Waals surface area contributed by atoms with Crippen molar-refractivity contribution in [1.29, 1.82) is 0 Å². The third kappa shape index (κ3) is 3.49. The molecule has 1 aliphatic heterocycles. The van der Waals surface area contributed by atoms with E-state index < -0.39 is 0 Å². The van der Waals surface area contributed by atoms with Crippen LogP contribution < -0.4 is 0 Å². The number of rotatable bonds is 5. The Morgan fingerprint density at radius 1 is 0.931 bits per heavy atom. The minimum Gasteiger partial charge on any atom is -0.342 e. The van der Waals surface area contributed by atoms with E-state index in [4.69, 9.17) is 0 Å². The maximum absolute atomic E-state index is 12.4. The monoisotopic (exact) mass is 401 g/mol. The first-order chi connectivity index (χ1) is 13.7. The normalized spacial score (nSPS) is 45.7. The summed E-state index contributed by atoms with van der Waals surface area (Å²) in [6.07, 6.45) is 14.6. The molecule has 2 nitrogen and oxygen atoms in total. The highest BCUT2D eigenvalue weighted by atomic mass is 16.2. The van der Waals surface area contributed by atoms with Gasteiger partial charge in [0, 0.05) is 19.5 Å². The van der Waals surface area contributed by atoms with E-state index in [1.165, 1.54) is 57.8 Å². The summed E-state index contributed by atoms with van der Waals surface area (Å²) in [5.74, 6) is 5.80. The van der Waals surface area contributed by atoms with Crippen LogP contribution in [0.3, 0.4) is 0 Å². The molecule has 0 spiro atoms. The van der Waals surface area contributed by atoms with Crippen LogP contribution in [-0.4, -0.2) is 23.9 Å². The molecule has 3 saturated carbocycles. The Labute approximate surface area is 180 Å². The molecule has 8 atom stereocenters. The van der Waals surface area contributed by atoms with E-state index in [1.807, 2.05) is 0 Å². The predicted octanol–water partition coefficient (Wildman–Crippen LogP) is 6.93. The van der Waals surface area contributed by atoms with E-state index in [9.17, 15) is 4.79 Å². The molecule has 4 aliphatic rings. The lowest BCUT2D eigenvalue weighted by atomic mass is 9.46. The van der Waals surface area contributed by atoms with Gasteiger partial charge in [0.1, 0.15) is 0 Å². The molecule has 0 aromatic rings. The van der Waals surface area contributed by atoms with Gasteiger partial charge in [-0.25, -0.2) is 0 Å². The smallest absolute Gasteiger partial charge is 0.222 e. The average molecular weight is 402 g/mol. The summed E-state index contributed by atoms with van der Waals surface area (Å²) in [6.45, 7) is 12.6. The van der Waals surface area contributed by atoms with Gasteiger partial charge in [-0.1, -0.05) is 53.9 Å². The van der Waals surface area contributed by atoms with Gasteiger partial charge in [-0.2, -0.15) is 0 Å². The maximum Gasteiger partial charge on any atom is 0.222 e. The SMILES string of the molecule is CC(C)CCCC(C)[C@H]1CCC2C3CCC4N(C)C(=O)CC[C@]4(C)C3CC[C@@]21C. The van der Waals surface area contributed by atoms with Crippen LogP contribution in [0.4, 0.5) is 0 Å². The van der Waals surface area contributed by atoms with Gasteiger partial charge in [-0.15, -0.1) is 0 Å². The number of amides is 1. The number of fused-ring (bicyclic) bond motifs is 5. The van der Waals surface area contributed by atoms with E-state index in [0.29, 0.717) is 22.8 Å². The molecule has 1 heterocycles. The summed E-state index contributed by atoms with van der Waals surface area (Å²) >= 11 is 0. The summed E-state index contributed by atoms with van der Waals surface area (Å²) in [7, 11) is 2.09. The van der Waals surface area contributed by atoms with Crippen molar-refractivity contribution in [2.45, 2.75) is 111 Å². The summed E-state index contributed by atoms with van der Waals surface area (Å²) in [5, 5.41) is 0. The van der Waals surface area contributed by atoms with E-state index in [0.717, 1.165) is 48.3 Å². The highest BCUT2D eigenvalue weighted by molar-refractivity contribution is 5.77. The zero-order valence-corrected chi connectivity index (χ0v) is 20.2. The van der Waals surface area contributed by atoms with Crippen molar-refractivity contribution in [2.24, 2.45) is 46.3 Å². The highest BCUT2D eigenvalue weighted by Gasteiger charge is 2.61. The number of carbonyl (C=O) groups excluding carboxylic acids is 1. The fourth-order valence-corrected chi connectivity index (χ4v) is 9.18. The van der Waals surface area contributed by atoms with Crippen molar-refractivity contribution in [3.8, 4) is 0 Å². The van der Waals surface area contributed by atoms with Gasteiger partial charge in [-0.3, -0.25) is 4.79 Å². The van der Waals surface area contributed by atoms with E-state index >= 15 is 0 Å². The summed E-state index contributed by atoms with van der Waals surface area (Å²) in [4.78, 5) is 14.5. The van der Waals surface area contributed by atoms with Crippen LogP contribution in [0.1, 0.15) is 105 Å². The van der Waals surface area contributed by atoms with Crippen LogP contribution in [0.15, 0.2) is 0 Å². The molecular formula is C27H47NO. The van der Waals surface area contributed by atoms with Crippen molar-refractivity contribution < 1.29 is 4.79 Å². The second-order valence-corrected chi connectivity index (χ2v) is 12.5. The molecule has 2 heteroatoms. The van der Waals surface area contributed by atoms with Crippen LogP contribution in [0.25, 0.3) is 0 Å². The average Bonchev–Trinajstić information content (AvgIpc) is 3.02. The highest BCUT2D eigenvalue weighted by Crippen LogP contribution is 2.67. The molecule has 3 aliphatic carbocycles. The van der Waals surface area contributed by atoms with Crippen molar-refractivity contribution in [3.63, 3.8) is 0 Å². The Balaban J connectivity index is 1.48. The quantitative estimate of drug-likeness (QED) is 0.489. The minimum atomic E-state index is 0.369. The van der Waals surface area contributed by atoms with Crippen molar-refractivity contribution in [3.05, 3.63) is 0 Å². The summed E-state index contributed by atoms with van der Waals surface area (Å²) < 4.78 is 0. The molecule has 0 radical (unpaired) electrons. The molecule has 1 saturated heterocycles. The van der Waals surface area contributed by atoms with E-state index in [-0.39, 0.29) is 0 Å². The number of piperidine rings is 1. The zero-order valence-electron chi connectivity index (χ0n) is 20.2. The second-order valence-electron chi connectivity index (χ2n) is 12.5. The first-order valence-electron chi connectivity index (χ1n) is 12.9. The molecule has 1 amide bonds. The van der Waals surface area contributed by atoms with Crippen molar-refractivity contribution >= 4 is 5.91 Å². The molecule has 4 fully saturated rings. The minimum absolute atomic E-state index is 0.369. The topological polar surface area (TPSA) is 20.3 Å². The van der Waals surface area contributed by atoms with E-state index in [1.54, 1.807) is 0 Å². The molecule has 166 valence electrons. The fraction of sp³-hybridized carbons (Fsp3) is 0.963. The maximum atomic E-state index is 12.4. The molecule has 0 bridgehead atoms. The summed E-state index contributed by atoms with van der Waals surface area (Å²) in [6, 6.07) is 0.501.